The van der Waals surface area contributed by atoms with E-state index >= 15 is 0 Å². The second-order valence-corrected chi connectivity index (χ2v) is 9.69. The molecule has 0 saturated heterocycles. The third kappa shape index (κ3) is 4.67. The van der Waals surface area contributed by atoms with Gasteiger partial charge in [0.25, 0.3) is 11.8 Å². The first kappa shape index (κ1) is 23.6. The minimum absolute atomic E-state index is 0.0955. The number of hydrogen-bond donors (Lipinski definition) is 1. The van der Waals surface area contributed by atoms with Crippen molar-refractivity contribution in [3.8, 4) is 0 Å². The molecule has 0 unspecified atom stereocenters. The maximum atomic E-state index is 13.6. The first-order chi connectivity index (χ1) is 17.4. The lowest BCUT2D eigenvalue weighted by Crippen LogP contribution is -2.31. The molecule has 1 atom stereocenters. The first-order valence-corrected chi connectivity index (χ1v) is 12.3. The maximum Gasteiger partial charge on any atom is 0.259 e. The highest BCUT2D eigenvalue weighted by Gasteiger charge is 2.31. The monoisotopic (exact) mass is 502 g/mol. The van der Waals surface area contributed by atoms with Crippen LogP contribution in [0.1, 0.15) is 31.8 Å². The summed E-state index contributed by atoms with van der Waals surface area (Å²) in [5.41, 5.74) is 2.32. The van der Waals surface area contributed by atoms with Gasteiger partial charge in [0.05, 0.1) is 38.4 Å². The van der Waals surface area contributed by atoms with Crippen LogP contribution >= 0.6 is 0 Å². The van der Waals surface area contributed by atoms with E-state index in [-0.39, 0.29) is 30.4 Å². The second-order valence-electron chi connectivity index (χ2n) is 8.27. The van der Waals surface area contributed by atoms with Crippen molar-refractivity contribution in [2.45, 2.75) is 22.9 Å². The molecule has 8 heteroatoms. The third-order valence-corrected chi connectivity index (χ3v) is 7.39. The van der Waals surface area contributed by atoms with Crippen molar-refractivity contribution in [1.29, 1.82) is 0 Å². The number of benzene rings is 4. The Morgan fingerprint density at radius 2 is 1.44 bits per heavy atom. The Morgan fingerprint density at radius 1 is 0.806 bits per heavy atom. The number of fused-ring (bicyclic) bond motifs is 2. The minimum atomic E-state index is -1.66. The molecule has 36 heavy (non-hydrogen) atoms. The topological polar surface area (TPSA) is 66.5 Å². The molecular formula is C28H20F2N2O3S. The van der Waals surface area contributed by atoms with Gasteiger partial charge in [-0.2, -0.15) is 0 Å². The SMILES string of the molecule is O=C(NCc1ccc(F)cc1)c1ccc2c(c1)N(Cc1ccc(F)cc1)C(=O)c1ccccc1[S@@]2=O. The van der Waals surface area contributed by atoms with Crippen molar-refractivity contribution in [1.82, 2.24) is 5.32 Å². The number of carbonyl (C=O) groups excluding carboxylic acids is 2. The molecule has 0 aromatic heterocycles. The molecular weight excluding hydrogens is 482 g/mol. The molecule has 4 aromatic rings. The number of anilines is 1. The van der Waals surface area contributed by atoms with Crippen LogP contribution < -0.4 is 10.2 Å². The highest BCUT2D eigenvalue weighted by molar-refractivity contribution is 7.85. The molecule has 5 rings (SSSR count). The van der Waals surface area contributed by atoms with Gasteiger partial charge < -0.3 is 10.2 Å². The van der Waals surface area contributed by atoms with Gasteiger partial charge in [-0.25, -0.2) is 13.0 Å². The highest BCUT2D eigenvalue weighted by Crippen LogP contribution is 2.36. The zero-order chi connectivity index (χ0) is 25.2. The summed E-state index contributed by atoms with van der Waals surface area (Å²) in [5.74, 6) is -1.53. The fourth-order valence-corrected chi connectivity index (χ4v) is 5.37. The molecule has 1 N–H and O–H groups in total. The number of rotatable bonds is 5. The number of hydrogen-bond acceptors (Lipinski definition) is 3. The third-order valence-electron chi connectivity index (χ3n) is 5.89. The van der Waals surface area contributed by atoms with Gasteiger partial charge in [-0.15, -0.1) is 0 Å². The Hall–Kier alpha value is -4.17. The molecule has 0 saturated carbocycles. The summed E-state index contributed by atoms with van der Waals surface area (Å²) in [6.45, 7) is 0.282. The lowest BCUT2D eigenvalue weighted by atomic mass is 10.1. The summed E-state index contributed by atoms with van der Waals surface area (Å²) >= 11 is 0. The first-order valence-electron chi connectivity index (χ1n) is 11.1. The summed E-state index contributed by atoms with van der Waals surface area (Å²) in [5, 5.41) is 2.79. The van der Waals surface area contributed by atoms with Crippen LogP contribution in [-0.2, 0) is 23.9 Å². The number of carbonyl (C=O) groups is 2. The molecule has 1 heterocycles. The summed E-state index contributed by atoms with van der Waals surface area (Å²) < 4.78 is 40.1. The van der Waals surface area contributed by atoms with E-state index in [1.807, 2.05) is 0 Å². The zero-order valence-electron chi connectivity index (χ0n) is 18.9. The standard InChI is InChI=1S/C28H20F2N2O3S/c29-21-10-5-18(6-11-21)16-31-27(33)20-9-14-26-24(15-20)32(17-19-7-12-22(30)13-8-19)28(34)23-3-1-2-4-25(23)36(26)35/h1-15H,16-17H2,(H,31,33)/t36-/m0/s1. The summed E-state index contributed by atoms with van der Waals surface area (Å²) in [6, 6.07) is 22.9. The van der Waals surface area contributed by atoms with Crippen molar-refractivity contribution in [3.05, 3.63) is 125 Å². The molecule has 1 aliphatic heterocycles. The van der Waals surface area contributed by atoms with E-state index in [1.54, 1.807) is 66.7 Å². The molecule has 0 bridgehead atoms. The van der Waals surface area contributed by atoms with Gasteiger partial charge in [0.2, 0.25) is 0 Å². The smallest absolute Gasteiger partial charge is 0.259 e. The molecule has 1 aliphatic rings. The van der Waals surface area contributed by atoms with Crippen LogP contribution in [0.4, 0.5) is 14.5 Å². The number of halogens is 2. The number of nitrogens with one attached hydrogen (secondary N) is 1. The van der Waals surface area contributed by atoms with Crippen LogP contribution in [0.25, 0.3) is 0 Å². The normalized spacial score (nSPS) is 14.6. The molecule has 0 spiro atoms. The van der Waals surface area contributed by atoms with Gasteiger partial charge >= 0.3 is 0 Å². The van der Waals surface area contributed by atoms with E-state index in [0.29, 0.717) is 26.6 Å². The van der Waals surface area contributed by atoms with Crippen LogP contribution in [0.2, 0.25) is 0 Å². The van der Waals surface area contributed by atoms with Crippen LogP contribution in [-0.4, -0.2) is 16.0 Å². The van der Waals surface area contributed by atoms with E-state index in [4.69, 9.17) is 0 Å². The lowest BCUT2D eigenvalue weighted by Gasteiger charge is -2.23. The van der Waals surface area contributed by atoms with Crippen LogP contribution in [0.15, 0.2) is 101 Å². The fraction of sp³-hybridized carbons (Fsp3) is 0.0714. The van der Waals surface area contributed by atoms with Gasteiger partial charge in [0.15, 0.2) is 0 Å². The predicted octanol–water partition coefficient (Wildman–Crippen LogP) is 5.22. The summed E-state index contributed by atoms with van der Waals surface area (Å²) in [7, 11) is -1.66. The summed E-state index contributed by atoms with van der Waals surface area (Å²) in [6.07, 6.45) is 0. The van der Waals surface area contributed by atoms with Crippen molar-refractivity contribution in [2.24, 2.45) is 0 Å². The van der Waals surface area contributed by atoms with Crippen LogP contribution in [0.5, 0.6) is 0 Å². The number of nitrogens with zero attached hydrogens (tertiary/aromatic N) is 1. The highest BCUT2D eigenvalue weighted by atomic mass is 32.2. The van der Waals surface area contributed by atoms with E-state index in [1.165, 1.54) is 29.2 Å². The van der Waals surface area contributed by atoms with Gasteiger partial charge in [-0.1, -0.05) is 36.4 Å². The molecule has 2 amide bonds. The van der Waals surface area contributed by atoms with Crippen molar-refractivity contribution >= 4 is 28.3 Å². The van der Waals surface area contributed by atoms with Gasteiger partial charge in [-0.05, 0) is 65.7 Å². The Morgan fingerprint density at radius 3 is 2.14 bits per heavy atom. The minimum Gasteiger partial charge on any atom is -0.348 e. The number of amides is 2. The van der Waals surface area contributed by atoms with E-state index in [9.17, 15) is 22.6 Å². The quantitative estimate of drug-likeness (QED) is 0.407. The predicted molar refractivity (Wildman–Crippen MR) is 132 cm³/mol. The zero-order valence-corrected chi connectivity index (χ0v) is 19.7. The molecule has 0 radical (unpaired) electrons. The van der Waals surface area contributed by atoms with Gasteiger partial charge in [0, 0.05) is 12.1 Å². The van der Waals surface area contributed by atoms with Gasteiger partial charge in [0.1, 0.15) is 11.6 Å². The fourth-order valence-electron chi connectivity index (χ4n) is 4.02. The molecule has 0 fully saturated rings. The second kappa shape index (κ2) is 9.83. The Balaban J connectivity index is 1.52. The van der Waals surface area contributed by atoms with E-state index in [0.717, 1.165) is 5.56 Å². The molecule has 4 aromatic carbocycles. The molecule has 0 aliphatic carbocycles. The Kier molecular flexibility index (Phi) is 6.43. The maximum absolute atomic E-state index is 13.6. The largest absolute Gasteiger partial charge is 0.348 e. The Labute approximate surface area is 208 Å². The Bertz CT molecular complexity index is 1490. The van der Waals surface area contributed by atoms with Gasteiger partial charge in [-0.3, -0.25) is 9.59 Å². The van der Waals surface area contributed by atoms with E-state index in [2.05, 4.69) is 5.32 Å². The molecule has 5 nitrogen and oxygen atoms in total. The average Bonchev–Trinajstić information content (AvgIpc) is 2.98. The average molecular weight is 503 g/mol. The van der Waals surface area contributed by atoms with Crippen LogP contribution in [0.3, 0.4) is 0 Å². The van der Waals surface area contributed by atoms with E-state index < -0.39 is 22.5 Å². The van der Waals surface area contributed by atoms with Crippen molar-refractivity contribution in [3.63, 3.8) is 0 Å². The van der Waals surface area contributed by atoms with Crippen molar-refractivity contribution < 1.29 is 22.6 Å². The molecule has 180 valence electrons. The summed E-state index contributed by atoms with van der Waals surface area (Å²) in [4.78, 5) is 28.8. The van der Waals surface area contributed by atoms with Crippen LogP contribution in [0, 0.1) is 11.6 Å². The lowest BCUT2D eigenvalue weighted by molar-refractivity contribution is 0.0947. The van der Waals surface area contributed by atoms with Crippen molar-refractivity contribution in [2.75, 3.05) is 4.90 Å².